The van der Waals surface area contributed by atoms with Crippen LogP contribution in [0.25, 0.3) is 0 Å². The Balaban J connectivity index is 2.47. The lowest BCUT2D eigenvalue weighted by Gasteiger charge is -2.13. The first-order valence-corrected chi connectivity index (χ1v) is 4.99. The van der Waals surface area contributed by atoms with E-state index in [9.17, 15) is 14.0 Å². The van der Waals surface area contributed by atoms with E-state index >= 15 is 0 Å². The van der Waals surface area contributed by atoms with Gasteiger partial charge in [-0.1, -0.05) is 6.07 Å². The molecule has 0 aromatic heterocycles. The van der Waals surface area contributed by atoms with E-state index in [0.29, 0.717) is 5.69 Å². The van der Waals surface area contributed by atoms with Crippen LogP contribution < -0.4 is 11.1 Å². The van der Waals surface area contributed by atoms with Crippen LogP contribution in [0.2, 0.25) is 0 Å². The highest BCUT2D eigenvalue weighted by atomic mass is 19.1. The minimum absolute atomic E-state index is 0.00340. The number of amides is 2. The predicted molar refractivity (Wildman–Crippen MR) is 61.7 cm³/mol. The molecule has 0 spiro atoms. The molecule has 2 amide bonds. The van der Waals surface area contributed by atoms with E-state index in [2.05, 4.69) is 5.32 Å². The van der Waals surface area contributed by atoms with Gasteiger partial charge in [-0.25, -0.2) is 4.39 Å². The molecule has 0 saturated carbocycles. The normalized spacial score (nSPS) is 10.3. The third-order valence-electron chi connectivity index (χ3n) is 1.95. The SMILES string of the molecule is CN(CC(N)=O)CC(=O)Nc1cccc(F)c1. The van der Waals surface area contributed by atoms with Gasteiger partial charge in [0.1, 0.15) is 5.82 Å². The Hall–Kier alpha value is -1.95. The number of nitrogens with zero attached hydrogens (tertiary/aromatic N) is 1. The number of nitrogens with one attached hydrogen (secondary N) is 1. The summed E-state index contributed by atoms with van der Waals surface area (Å²) in [6, 6.07) is 5.58. The molecule has 0 saturated heterocycles. The van der Waals surface area contributed by atoms with Crippen molar-refractivity contribution in [2.45, 2.75) is 0 Å². The highest BCUT2D eigenvalue weighted by molar-refractivity contribution is 5.92. The summed E-state index contributed by atoms with van der Waals surface area (Å²) in [6.07, 6.45) is 0. The standard InChI is InChI=1S/C11H14FN3O2/c1-15(6-10(13)16)7-11(17)14-9-4-2-3-8(12)5-9/h2-5H,6-7H2,1H3,(H2,13,16)(H,14,17). The summed E-state index contributed by atoms with van der Waals surface area (Å²) in [5, 5.41) is 2.51. The smallest absolute Gasteiger partial charge is 0.238 e. The van der Waals surface area contributed by atoms with E-state index < -0.39 is 11.7 Å². The highest BCUT2D eigenvalue weighted by Gasteiger charge is 2.08. The van der Waals surface area contributed by atoms with Crippen molar-refractivity contribution in [3.05, 3.63) is 30.1 Å². The second-order valence-electron chi connectivity index (χ2n) is 3.70. The Morgan fingerprint density at radius 1 is 1.41 bits per heavy atom. The second-order valence-corrected chi connectivity index (χ2v) is 3.70. The molecule has 1 aromatic carbocycles. The second kappa shape index (κ2) is 5.95. The zero-order valence-corrected chi connectivity index (χ0v) is 9.44. The molecular formula is C11H14FN3O2. The summed E-state index contributed by atoms with van der Waals surface area (Å²) in [5.41, 5.74) is 5.36. The molecule has 1 rings (SSSR count). The van der Waals surface area contributed by atoms with E-state index in [1.807, 2.05) is 0 Å². The number of hydrogen-bond donors (Lipinski definition) is 2. The van der Waals surface area contributed by atoms with Crippen molar-refractivity contribution < 1.29 is 14.0 Å². The third kappa shape index (κ3) is 5.07. The number of anilines is 1. The molecular weight excluding hydrogens is 225 g/mol. The van der Waals surface area contributed by atoms with Crippen molar-refractivity contribution in [1.29, 1.82) is 0 Å². The van der Waals surface area contributed by atoms with Gasteiger partial charge in [0.25, 0.3) is 0 Å². The van der Waals surface area contributed by atoms with Gasteiger partial charge in [-0.2, -0.15) is 0 Å². The van der Waals surface area contributed by atoms with Gasteiger partial charge in [-0.15, -0.1) is 0 Å². The maximum atomic E-state index is 12.8. The minimum Gasteiger partial charge on any atom is -0.369 e. The zero-order valence-electron chi connectivity index (χ0n) is 9.44. The first kappa shape index (κ1) is 13.1. The average Bonchev–Trinajstić information content (AvgIpc) is 2.14. The van der Waals surface area contributed by atoms with Crippen molar-refractivity contribution in [2.24, 2.45) is 5.73 Å². The van der Waals surface area contributed by atoms with Crippen LogP contribution in [-0.4, -0.2) is 36.9 Å². The van der Waals surface area contributed by atoms with E-state index in [0.717, 1.165) is 0 Å². The molecule has 0 bridgehead atoms. The number of carbonyl (C=O) groups excluding carboxylic acids is 2. The molecule has 0 fully saturated rings. The number of hydrogen-bond acceptors (Lipinski definition) is 3. The molecule has 0 aliphatic rings. The molecule has 17 heavy (non-hydrogen) atoms. The van der Waals surface area contributed by atoms with Gasteiger partial charge in [-0.3, -0.25) is 14.5 Å². The maximum Gasteiger partial charge on any atom is 0.238 e. The van der Waals surface area contributed by atoms with Crippen molar-refractivity contribution in [2.75, 3.05) is 25.5 Å². The quantitative estimate of drug-likeness (QED) is 0.769. The third-order valence-corrected chi connectivity index (χ3v) is 1.95. The van der Waals surface area contributed by atoms with E-state index in [1.54, 1.807) is 13.1 Å². The molecule has 1 aromatic rings. The molecule has 0 radical (unpaired) electrons. The average molecular weight is 239 g/mol. The summed E-state index contributed by atoms with van der Waals surface area (Å²) < 4.78 is 12.8. The van der Waals surface area contributed by atoms with E-state index in [1.165, 1.54) is 23.1 Å². The molecule has 0 atom stereocenters. The molecule has 92 valence electrons. The zero-order chi connectivity index (χ0) is 12.8. The fourth-order valence-corrected chi connectivity index (χ4v) is 1.33. The van der Waals surface area contributed by atoms with Crippen molar-refractivity contribution in [3.8, 4) is 0 Å². The van der Waals surface area contributed by atoms with Gasteiger partial charge in [0.2, 0.25) is 11.8 Å². The van der Waals surface area contributed by atoms with Crippen molar-refractivity contribution in [1.82, 2.24) is 4.90 Å². The lowest BCUT2D eigenvalue weighted by Crippen LogP contribution is -2.36. The Kier molecular flexibility index (Phi) is 4.59. The molecule has 0 unspecified atom stereocenters. The highest BCUT2D eigenvalue weighted by Crippen LogP contribution is 2.08. The van der Waals surface area contributed by atoms with Crippen LogP contribution in [0.15, 0.2) is 24.3 Å². The first-order chi connectivity index (χ1) is 7.97. The topological polar surface area (TPSA) is 75.4 Å². The first-order valence-electron chi connectivity index (χ1n) is 4.99. The van der Waals surface area contributed by atoms with Gasteiger partial charge >= 0.3 is 0 Å². The summed E-state index contributed by atoms with van der Waals surface area (Å²) in [5.74, 6) is -1.27. The Morgan fingerprint density at radius 3 is 2.71 bits per heavy atom. The van der Waals surface area contributed by atoms with Gasteiger partial charge < -0.3 is 11.1 Å². The number of carbonyl (C=O) groups is 2. The van der Waals surface area contributed by atoms with Crippen LogP contribution in [0.4, 0.5) is 10.1 Å². The molecule has 5 nitrogen and oxygen atoms in total. The number of benzene rings is 1. The number of primary amides is 1. The lowest BCUT2D eigenvalue weighted by molar-refractivity contribution is -0.120. The van der Waals surface area contributed by atoms with Crippen molar-refractivity contribution >= 4 is 17.5 Å². The molecule has 3 N–H and O–H groups in total. The van der Waals surface area contributed by atoms with Crippen LogP contribution >= 0.6 is 0 Å². The van der Waals surface area contributed by atoms with Crippen LogP contribution in [0.3, 0.4) is 0 Å². The maximum absolute atomic E-state index is 12.8. The fourth-order valence-electron chi connectivity index (χ4n) is 1.33. The number of likely N-dealkylation sites (N-methyl/N-ethyl adjacent to an activating group) is 1. The number of rotatable bonds is 5. The van der Waals surface area contributed by atoms with Gasteiger partial charge in [0.15, 0.2) is 0 Å². The largest absolute Gasteiger partial charge is 0.369 e. The van der Waals surface area contributed by atoms with Gasteiger partial charge in [-0.05, 0) is 25.2 Å². The molecule has 0 heterocycles. The monoisotopic (exact) mass is 239 g/mol. The summed E-state index contributed by atoms with van der Waals surface area (Å²) in [6.45, 7) is 0.00994. The summed E-state index contributed by atoms with van der Waals surface area (Å²) in [7, 11) is 1.59. The molecule has 0 aliphatic heterocycles. The van der Waals surface area contributed by atoms with Gasteiger partial charge in [0.05, 0.1) is 13.1 Å². The summed E-state index contributed by atoms with van der Waals surface area (Å²) >= 11 is 0. The number of halogens is 1. The molecule has 6 heteroatoms. The van der Waals surface area contributed by atoms with E-state index in [-0.39, 0.29) is 19.0 Å². The van der Waals surface area contributed by atoms with Gasteiger partial charge in [0, 0.05) is 5.69 Å². The Bertz CT molecular complexity index is 423. The Labute approximate surface area is 98.4 Å². The van der Waals surface area contributed by atoms with Crippen molar-refractivity contribution in [3.63, 3.8) is 0 Å². The lowest BCUT2D eigenvalue weighted by atomic mass is 10.3. The van der Waals surface area contributed by atoms with Crippen LogP contribution in [0.1, 0.15) is 0 Å². The fraction of sp³-hybridized carbons (Fsp3) is 0.273. The summed E-state index contributed by atoms with van der Waals surface area (Å²) in [4.78, 5) is 23.6. The van der Waals surface area contributed by atoms with E-state index in [4.69, 9.17) is 5.73 Å². The molecule has 0 aliphatic carbocycles. The minimum atomic E-state index is -0.508. The van der Waals surface area contributed by atoms with Crippen LogP contribution in [-0.2, 0) is 9.59 Å². The number of nitrogens with two attached hydrogens (primary N) is 1. The Morgan fingerprint density at radius 2 is 2.12 bits per heavy atom. The predicted octanol–water partition coefficient (Wildman–Crippen LogP) is 0.181. The van der Waals surface area contributed by atoms with Crippen LogP contribution in [0, 0.1) is 5.82 Å². The van der Waals surface area contributed by atoms with Crippen LogP contribution in [0.5, 0.6) is 0 Å².